The zero-order valence-corrected chi connectivity index (χ0v) is 21.9. The third-order valence-electron chi connectivity index (χ3n) is 6.09. The average molecular weight is 503 g/mol. The van der Waals surface area contributed by atoms with Crippen LogP contribution in [0.2, 0.25) is 0 Å². The highest BCUT2D eigenvalue weighted by Gasteiger charge is 2.26. The lowest BCUT2D eigenvalue weighted by Crippen LogP contribution is -2.35. The van der Waals surface area contributed by atoms with Gasteiger partial charge in [-0.15, -0.1) is 0 Å². The van der Waals surface area contributed by atoms with Gasteiger partial charge in [-0.3, -0.25) is 4.79 Å². The van der Waals surface area contributed by atoms with Crippen LogP contribution in [0, 0.1) is 0 Å². The Morgan fingerprint density at radius 3 is 2.40 bits per heavy atom. The molecule has 0 aliphatic carbocycles. The third kappa shape index (κ3) is 7.97. The van der Waals surface area contributed by atoms with E-state index in [0.717, 1.165) is 43.4 Å². The maximum absolute atomic E-state index is 13.0. The van der Waals surface area contributed by atoms with E-state index in [-0.39, 0.29) is 23.3 Å². The quantitative estimate of drug-likeness (QED) is 0.437. The SMILES string of the molecule is COc1ccc(S(=O)(=O)N2CCCCC2)cc1CCC(=O)NCCCc1ccc(OC(C)C)cc1. The fraction of sp³-hybridized carbons (Fsp3) is 0.519. The molecular formula is C27H38N2O5S. The van der Waals surface area contributed by atoms with E-state index in [9.17, 15) is 13.2 Å². The van der Waals surface area contributed by atoms with Gasteiger partial charge in [0.15, 0.2) is 0 Å². The molecule has 1 N–H and O–H groups in total. The van der Waals surface area contributed by atoms with Crippen molar-refractivity contribution in [1.29, 1.82) is 0 Å². The van der Waals surface area contributed by atoms with Crippen molar-refractivity contribution in [3.05, 3.63) is 53.6 Å². The van der Waals surface area contributed by atoms with Crippen LogP contribution in [0.4, 0.5) is 0 Å². The molecule has 1 aliphatic heterocycles. The van der Waals surface area contributed by atoms with Crippen molar-refractivity contribution in [1.82, 2.24) is 9.62 Å². The van der Waals surface area contributed by atoms with E-state index >= 15 is 0 Å². The fourth-order valence-corrected chi connectivity index (χ4v) is 5.80. The summed E-state index contributed by atoms with van der Waals surface area (Å²) in [6.45, 7) is 5.70. The second-order valence-electron chi connectivity index (χ2n) is 9.20. The fourth-order valence-electron chi connectivity index (χ4n) is 4.23. The molecule has 0 bridgehead atoms. The number of hydrogen-bond donors (Lipinski definition) is 1. The first-order valence-corrected chi connectivity index (χ1v) is 13.9. The molecule has 0 saturated carbocycles. The summed E-state index contributed by atoms with van der Waals surface area (Å²) in [5, 5.41) is 2.96. The lowest BCUT2D eigenvalue weighted by Gasteiger charge is -2.26. The summed E-state index contributed by atoms with van der Waals surface area (Å²) >= 11 is 0. The van der Waals surface area contributed by atoms with Gasteiger partial charge in [0.25, 0.3) is 0 Å². The predicted octanol–water partition coefficient (Wildman–Crippen LogP) is 4.34. The topological polar surface area (TPSA) is 84.9 Å². The van der Waals surface area contributed by atoms with Crippen molar-refractivity contribution in [3.63, 3.8) is 0 Å². The van der Waals surface area contributed by atoms with E-state index in [0.29, 0.717) is 31.8 Å². The number of rotatable bonds is 12. The van der Waals surface area contributed by atoms with E-state index in [1.54, 1.807) is 29.6 Å². The first kappa shape index (κ1) is 27.0. The number of methoxy groups -OCH3 is 1. The summed E-state index contributed by atoms with van der Waals surface area (Å²) < 4.78 is 38.7. The van der Waals surface area contributed by atoms with E-state index in [1.165, 1.54) is 5.56 Å². The molecular weight excluding hydrogens is 464 g/mol. The molecule has 1 saturated heterocycles. The van der Waals surface area contributed by atoms with Crippen LogP contribution in [-0.2, 0) is 27.7 Å². The third-order valence-corrected chi connectivity index (χ3v) is 7.98. The lowest BCUT2D eigenvalue weighted by molar-refractivity contribution is -0.121. The number of benzene rings is 2. The molecule has 7 nitrogen and oxygen atoms in total. The molecule has 2 aromatic rings. The molecule has 1 amide bonds. The number of carbonyl (C=O) groups is 1. The molecule has 3 rings (SSSR count). The van der Waals surface area contributed by atoms with Crippen molar-refractivity contribution in [3.8, 4) is 11.5 Å². The van der Waals surface area contributed by atoms with Gasteiger partial charge in [0.1, 0.15) is 11.5 Å². The van der Waals surface area contributed by atoms with Crippen LogP contribution in [-0.4, -0.2) is 51.5 Å². The Morgan fingerprint density at radius 1 is 1.03 bits per heavy atom. The van der Waals surface area contributed by atoms with Gasteiger partial charge in [-0.2, -0.15) is 4.31 Å². The smallest absolute Gasteiger partial charge is 0.243 e. The molecule has 35 heavy (non-hydrogen) atoms. The number of sulfonamides is 1. The Kier molecular flexibility index (Phi) is 9.98. The maximum Gasteiger partial charge on any atom is 0.243 e. The first-order valence-electron chi connectivity index (χ1n) is 12.5. The van der Waals surface area contributed by atoms with Crippen LogP contribution in [0.25, 0.3) is 0 Å². The van der Waals surface area contributed by atoms with Crippen molar-refractivity contribution >= 4 is 15.9 Å². The number of ether oxygens (including phenoxy) is 2. The largest absolute Gasteiger partial charge is 0.496 e. The van der Waals surface area contributed by atoms with Crippen molar-refractivity contribution < 1.29 is 22.7 Å². The van der Waals surface area contributed by atoms with Gasteiger partial charge >= 0.3 is 0 Å². The van der Waals surface area contributed by atoms with E-state index in [4.69, 9.17) is 9.47 Å². The highest BCUT2D eigenvalue weighted by Crippen LogP contribution is 2.27. The van der Waals surface area contributed by atoms with Crippen molar-refractivity contribution in [2.75, 3.05) is 26.7 Å². The predicted molar refractivity (Wildman–Crippen MR) is 137 cm³/mol. The van der Waals surface area contributed by atoms with Crippen molar-refractivity contribution in [2.45, 2.75) is 69.8 Å². The summed E-state index contributed by atoms with van der Waals surface area (Å²) in [5.74, 6) is 1.40. The second kappa shape index (κ2) is 12.9. The standard InChI is InChI=1S/C27H38N2O5S/c1-21(2)34-24-12-9-22(10-13-24)8-7-17-28-27(30)16-11-23-20-25(14-15-26(23)33-3)35(31,32)29-18-5-4-6-19-29/h9-10,12-15,20-21H,4-8,11,16-19H2,1-3H3,(H,28,30). The van der Waals surface area contributed by atoms with Crippen LogP contribution < -0.4 is 14.8 Å². The maximum atomic E-state index is 13.0. The van der Waals surface area contributed by atoms with Crippen LogP contribution in [0.3, 0.4) is 0 Å². The van der Waals surface area contributed by atoms with Gasteiger partial charge in [0.2, 0.25) is 15.9 Å². The lowest BCUT2D eigenvalue weighted by atomic mass is 10.1. The molecule has 0 atom stereocenters. The highest BCUT2D eigenvalue weighted by atomic mass is 32.2. The molecule has 1 aliphatic rings. The minimum Gasteiger partial charge on any atom is -0.496 e. The minimum absolute atomic E-state index is 0.0583. The Balaban J connectivity index is 1.48. The van der Waals surface area contributed by atoms with Crippen LogP contribution in [0.5, 0.6) is 11.5 Å². The number of nitrogens with one attached hydrogen (secondary N) is 1. The molecule has 1 heterocycles. The molecule has 0 spiro atoms. The zero-order chi connectivity index (χ0) is 25.3. The van der Waals surface area contributed by atoms with E-state index in [1.807, 2.05) is 26.0 Å². The molecule has 192 valence electrons. The van der Waals surface area contributed by atoms with Gasteiger partial charge in [-0.1, -0.05) is 18.6 Å². The summed E-state index contributed by atoms with van der Waals surface area (Å²) in [4.78, 5) is 12.7. The molecule has 0 unspecified atom stereocenters. The highest BCUT2D eigenvalue weighted by molar-refractivity contribution is 7.89. The Labute approximate surface area is 209 Å². The van der Waals surface area contributed by atoms with Gasteiger partial charge in [-0.05, 0) is 87.4 Å². The molecule has 8 heteroatoms. The summed E-state index contributed by atoms with van der Waals surface area (Å²) in [6.07, 6.45) is 5.38. The number of carbonyl (C=O) groups excluding carboxylic acids is 1. The monoisotopic (exact) mass is 502 g/mol. The summed E-state index contributed by atoms with van der Waals surface area (Å²) in [6, 6.07) is 13.0. The molecule has 0 radical (unpaired) electrons. The van der Waals surface area contributed by atoms with Gasteiger partial charge in [-0.25, -0.2) is 8.42 Å². The molecule has 0 aromatic heterocycles. The first-order chi connectivity index (χ1) is 16.8. The number of piperidine rings is 1. The summed E-state index contributed by atoms with van der Waals surface area (Å²) in [7, 11) is -1.98. The Morgan fingerprint density at radius 2 is 1.74 bits per heavy atom. The Bertz CT molecular complexity index is 1060. The van der Waals surface area contributed by atoms with E-state index < -0.39 is 10.0 Å². The van der Waals surface area contributed by atoms with Crippen molar-refractivity contribution in [2.24, 2.45) is 0 Å². The molecule has 1 fully saturated rings. The molecule has 2 aromatic carbocycles. The second-order valence-corrected chi connectivity index (χ2v) is 11.1. The van der Waals surface area contributed by atoms with Gasteiger partial charge < -0.3 is 14.8 Å². The zero-order valence-electron chi connectivity index (χ0n) is 21.1. The number of amides is 1. The summed E-state index contributed by atoms with van der Waals surface area (Å²) in [5.41, 5.74) is 1.93. The Hall–Kier alpha value is -2.58. The van der Waals surface area contributed by atoms with Crippen LogP contribution in [0.15, 0.2) is 47.4 Å². The van der Waals surface area contributed by atoms with E-state index in [2.05, 4.69) is 17.4 Å². The van der Waals surface area contributed by atoms with Gasteiger partial charge in [0, 0.05) is 26.1 Å². The number of aryl methyl sites for hydroxylation is 2. The van der Waals surface area contributed by atoms with Gasteiger partial charge in [0.05, 0.1) is 18.1 Å². The number of nitrogens with zero attached hydrogens (tertiary/aromatic N) is 1. The van der Waals surface area contributed by atoms with Crippen LogP contribution in [0.1, 0.15) is 57.1 Å². The van der Waals surface area contributed by atoms with Crippen LogP contribution >= 0.6 is 0 Å². The number of hydrogen-bond acceptors (Lipinski definition) is 5. The minimum atomic E-state index is -3.53. The normalized spacial score (nSPS) is 14.6. The average Bonchev–Trinajstić information content (AvgIpc) is 2.86.